The fraction of sp³-hybridized carbons (Fsp3) is 0.206. The normalized spacial score (nSPS) is 20.4. The molecule has 3 atom stereocenters. The lowest BCUT2D eigenvalue weighted by Crippen LogP contribution is -2.33. The van der Waals surface area contributed by atoms with Gasteiger partial charge in [0.1, 0.15) is 34.5 Å². The zero-order chi connectivity index (χ0) is 31.0. The third-order valence-corrected chi connectivity index (χ3v) is 7.83. The highest BCUT2D eigenvalue weighted by Crippen LogP contribution is 2.51. The van der Waals surface area contributed by atoms with E-state index < -0.39 is 23.5 Å². The maximum Gasteiger partial charge on any atom is 0.171 e. The van der Waals surface area contributed by atoms with Crippen molar-refractivity contribution in [2.75, 3.05) is 0 Å². The summed E-state index contributed by atoms with van der Waals surface area (Å²) in [5.41, 5.74) is 2.16. The molecule has 0 spiro atoms. The van der Waals surface area contributed by atoms with Crippen LogP contribution in [0.25, 0.3) is 12.2 Å². The smallest absolute Gasteiger partial charge is 0.171 e. The third kappa shape index (κ3) is 5.95. The summed E-state index contributed by atoms with van der Waals surface area (Å²) >= 11 is 0. The van der Waals surface area contributed by atoms with E-state index in [1.807, 2.05) is 13.0 Å². The Morgan fingerprint density at radius 3 is 2.21 bits per heavy atom. The van der Waals surface area contributed by atoms with Crippen LogP contribution in [0.3, 0.4) is 0 Å². The summed E-state index contributed by atoms with van der Waals surface area (Å²) in [6.07, 6.45) is 6.57. The van der Waals surface area contributed by atoms with Crippen LogP contribution < -0.4 is 0 Å². The van der Waals surface area contributed by atoms with Gasteiger partial charge in [0.05, 0.1) is 5.76 Å². The standard InChI is InChI=1S/C34H30O9/c1-17-8-27(24-6-4-20(35)14-30(24)40)33(34(43)25-7-5-21(36)15-31(25)41)28(9-17)26-12-19(29(39)16-32(26)42)3-2-18-10-22(37)13-23(38)11-18/h2-3,9-16,27-28,33,35-42H,5,7-8H2,1H3/b3-2+. The second kappa shape index (κ2) is 11.4. The van der Waals surface area contributed by atoms with E-state index in [0.717, 1.165) is 23.8 Å². The van der Waals surface area contributed by atoms with Crippen molar-refractivity contribution in [2.45, 2.75) is 38.0 Å². The monoisotopic (exact) mass is 582 g/mol. The van der Waals surface area contributed by atoms with Crippen molar-refractivity contribution in [1.82, 2.24) is 0 Å². The first-order valence-electron chi connectivity index (χ1n) is 13.6. The van der Waals surface area contributed by atoms with Gasteiger partial charge in [-0.15, -0.1) is 0 Å². The minimum atomic E-state index is -0.982. The molecule has 0 heterocycles. The van der Waals surface area contributed by atoms with Crippen molar-refractivity contribution < 1.29 is 45.6 Å². The number of hydrogen-bond acceptors (Lipinski definition) is 9. The average molecular weight is 583 g/mol. The van der Waals surface area contributed by atoms with E-state index in [9.17, 15) is 45.6 Å². The number of hydrogen-bond donors (Lipinski definition) is 8. The van der Waals surface area contributed by atoms with Crippen LogP contribution in [0.1, 0.15) is 60.3 Å². The molecule has 8 N–H and O–H groups in total. The van der Waals surface area contributed by atoms with Gasteiger partial charge < -0.3 is 40.9 Å². The molecule has 2 aliphatic carbocycles. The number of carbonyl (C=O) groups excluding carboxylic acids is 1. The van der Waals surface area contributed by atoms with Gasteiger partial charge in [0.15, 0.2) is 11.5 Å². The van der Waals surface area contributed by atoms with Crippen LogP contribution >= 0.6 is 0 Å². The molecule has 43 heavy (non-hydrogen) atoms. The van der Waals surface area contributed by atoms with Gasteiger partial charge in [-0.25, -0.2) is 0 Å². The second-order valence-electron chi connectivity index (χ2n) is 10.9. The summed E-state index contributed by atoms with van der Waals surface area (Å²) in [6, 6.07) is 13.1. The number of Topliss-reactive ketones (excluding diaryl/α,β-unsaturated/α-hetero) is 1. The first-order chi connectivity index (χ1) is 20.4. The van der Waals surface area contributed by atoms with E-state index >= 15 is 0 Å². The number of carbonyl (C=O) groups is 1. The minimum Gasteiger partial charge on any atom is -0.512 e. The minimum absolute atomic E-state index is 0.0618. The second-order valence-corrected chi connectivity index (χ2v) is 10.9. The van der Waals surface area contributed by atoms with Gasteiger partial charge in [-0.3, -0.25) is 4.79 Å². The van der Waals surface area contributed by atoms with Crippen LogP contribution in [0.5, 0.6) is 34.5 Å². The Morgan fingerprint density at radius 1 is 0.814 bits per heavy atom. The first kappa shape index (κ1) is 29.0. The fourth-order valence-electron chi connectivity index (χ4n) is 5.90. The lowest BCUT2D eigenvalue weighted by molar-refractivity contribution is -0.120. The molecule has 0 radical (unpaired) electrons. The maximum atomic E-state index is 14.3. The lowest BCUT2D eigenvalue weighted by atomic mass is 9.65. The largest absolute Gasteiger partial charge is 0.512 e. The van der Waals surface area contributed by atoms with Gasteiger partial charge in [-0.05, 0) is 49.6 Å². The Balaban J connectivity index is 1.65. The van der Waals surface area contributed by atoms with Crippen molar-refractivity contribution in [3.8, 4) is 34.5 Å². The van der Waals surface area contributed by atoms with Gasteiger partial charge in [0, 0.05) is 70.7 Å². The molecule has 3 unspecified atom stereocenters. The van der Waals surface area contributed by atoms with E-state index in [4.69, 9.17) is 0 Å². The molecule has 0 saturated carbocycles. The highest BCUT2D eigenvalue weighted by Gasteiger charge is 2.43. The van der Waals surface area contributed by atoms with Crippen LogP contribution in [-0.4, -0.2) is 46.6 Å². The first-order valence-corrected chi connectivity index (χ1v) is 13.6. The zero-order valence-corrected chi connectivity index (χ0v) is 23.1. The number of ketones is 1. The van der Waals surface area contributed by atoms with Crippen LogP contribution in [0, 0.1) is 18.1 Å². The molecule has 0 aliphatic heterocycles. The van der Waals surface area contributed by atoms with E-state index in [-0.39, 0.29) is 81.1 Å². The highest BCUT2D eigenvalue weighted by molar-refractivity contribution is 6.00. The Morgan fingerprint density at radius 2 is 1.53 bits per heavy atom. The predicted molar refractivity (Wildman–Crippen MR) is 158 cm³/mol. The number of aliphatic hydroxyl groups excluding tert-OH is 2. The molecule has 2 aliphatic rings. The van der Waals surface area contributed by atoms with Gasteiger partial charge >= 0.3 is 0 Å². The number of phenols is 4. The van der Waals surface area contributed by atoms with Crippen LogP contribution in [0.15, 0.2) is 71.2 Å². The third-order valence-electron chi connectivity index (χ3n) is 7.83. The van der Waals surface area contributed by atoms with Crippen molar-refractivity contribution in [1.29, 1.82) is 0 Å². The Bertz CT molecular complexity index is 1710. The molecule has 5 rings (SSSR count). The van der Waals surface area contributed by atoms with Crippen LogP contribution in [-0.2, 0) is 4.79 Å². The molecular formula is C34H30O9. The summed E-state index contributed by atoms with van der Waals surface area (Å²) in [4.78, 5) is 14.3. The van der Waals surface area contributed by atoms with E-state index in [1.165, 1.54) is 30.3 Å². The lowest BCUT2D eigenvalue weighted by Gasteiger charge is -2.37. The number of allylic oxidation sites excluding steroid dienone is 5. The zero-order valence-electron chi connectivity index (χ0n) is 23.1. The molecule has 0 bridgehead atoms. The molecule has 9 nitrogen and oxygen atoms in total. The number of phenolic OH excluding ortho intramolecular Hbond substituents is 4. The van der Waals surface area contributed by atoms with Crippen molar-refractivity contribution in [3.05, 3.63) is 106 Å². The van der Waals surface area contributed by atoms with Crippen molar-refractivity contribution in [2.24, 2.45) is 5.92 Å². The van der Waals surface area contributed by atoms with Gasteiger partial charge in [0.25, 0.3) is 0 Å². The molecule has 220 valence electrons. The Hall–Kier alpha value is -5.49. The fourth-order valence-corrected chi connectivity index (χ4v) is 5.90. The molecule has 3 aromatic rings. The SMILES string of the molecule is CC1=CC(c2cc(/C=C/c3cc(O)cc(O)c3)c(O)cc2O)C(C(=O)C2=C(O)C=C(O)CC2)C(c2c#cc(O)cc2O)C1. The quantitative estimate of drug-likeness (QED) is 0.125. The van der Waals surface area contributed by atoms with Gasteiger partial charge in [-0.1, -0.05) is 29.9 Å². The number of aromatic hydroxyl groups is 6. The topological polar surface area (TPSA) is 179 Å². The maximum absolute atomic E-state index is 14.3. The highest BCUT2D eigenvalue weighted by atomic mass is 16.3. The number of rotatable bonds is 6. The molecule has 0 fully saturated rings. The van der Waals surface area contributed by atoms with E-state index in [1.54, 1.807) is 6.08 Å². The molecule has 0 saturated heterocycles. The van der Waals surface area contributed by atoms with Crippen LogP contribution in [0.2, 0.25) is 0 Å². The summed E-state index contributed by atoms with van der Waals surface area (Å²) in [5, 5.41) is 82.4. The molecule has 9 heteroatoms. The molecule has 3 aromatic carbocycles. The number of aliphatic hydroxyl groups is 2. The molecule has 0 amide bonds. The molecule has 0 aromatic heterocycles. The Kier molecular flexibility index (Phi) is 7.70. The number of benzene rings is 2. The van der Waals surface area contributed by atoms with E-state index in [0.29, 0.717) is 12.0 Å². The summed E-state index contributed by atoms with van der Waals surface area (Å²) < 4.78 is 0. The average Bonchev–Trinajstić information content (AvgIpc) is 2.91. The van der Waals surface area contributed by atoms with Gasteiger partial charge in [0.2, 0.25) is 0 Å². The van der Waals surface area contributed by atoms with E-state index in [2.05, 4.69) is 12.1 Å². The van der Waals surface area contributed by atoms with Crippen LogP contribution in [0.4, 0.5) is 0 Å². The van der Waals surface area contributed by atoms with Gasteiger partial charge in [-0.2, -0.15) is 0 Å². The van der Waals surface area contributed by atoms with Crippen molar-refractivity contribution in [3.63, 3.8) is 0 Å². The Labute approximate surface area is 247 Å². The summed E-state index contributed by atoms with van der Waals surface area (Å²) in [6.45, 7) is 1.84. The predicted octanol–water partition coefficient (Wildman–Crippen LogP) is 6.14. The summed E-state index contributed by atoms with van der Waals surface area (Å²) in [5.74, 6) is -4.85. The van der Waals surface area contributed by atoms with Crippen molar-refractivity contribution >= 4 is 17.9 Å². The molecular weight excluding hydrogens is 552 g/mol. The summed E-state index contributed by atoms with van der Waals surface area (Å²) in [7, 11) is 0.